The Balaban J connectivity index is 2.20. The third-order valence-electron chi connectivity index (χ3n) is 2.30. The Kier molecular flexibility index (Phi) is 3.93. The molecule has 1 aromatic heterocycles. The highest BCUT2D eigenvalue weighted by Gasteiger charge is 2.30. The average molecular weight is 300 g/mol. The van der Waals surface area contributed by atoms with Gasteiger partial charge in [0.25, 0.3) is 0 Å². The van der Waals surface area contributed by atoms with Gasteiger partial charge < -0.3 is 10.1 Å². The number of aromatic nitrogens is 1. The van der Waals surface area contributed by atoms with E-state index in [4.69, 9.17) is 0 Å². The molecular weight excluding hydrogens is 293 g/mol. The first-order chi connectivity index (χ1) is 9.36. The van der Waals surface area contributed by atoms with E-state index in [1.165, 1.54) is 30.5 Å². The highest BCUT2D eigenvalue weighted by Crippen LogP contribution is 2.34. The minimum atomic E-state index is -4.40. The number of nitrogens with zero attached hydrogens (tertiary/aromatic N) is 2. The molecule has 8 heteroatoms. The zero-order chi connectivity index (χ0) is 14.8. The number of pyridine rings is 1. The van der Waals surface area contributed by atoms with Crippen molar-refractivity contribution < 1.29 is 18.1 Å². The van der Waals surface area contributed by atoms with E-state index in [-0.39, 0.29) is 5.82 Å². The van der Waals surface area contributed by atoms with E-state index >= 15 is 0 Å². The molecule has 0 atom stereocenters. The molecule has 0 bridgehead atoms. The SMILES string of the molecule is O=[N+]([O-])c1ccc(Sc2cccc(C(F)(F)F)c2)cn1. The van der Waals surface area contributed by atoms with Crippen molar-refractivity contribution in [2.24, 2.45) is 0 Å². The van der Waals surface area contributed by atoms with Crippen LogP contribution < -0.4 is 0 Å². The lowest BCUT2D eigenvalue weighted by molar-refractivity contribution is -0.389. The lowest BCUT2D eigenvalue weighted by atomic mass is 10.2. The van der Waals surface area contributed by atoms with Crippen LogP contribution >= 0.6 is 11.8 Å². The van der Waals surface area contributed by atoms with Crippen LogP contribution in [0.4, 0.5) is 19.0 Å². The third kappa shape index (κ3) is 3.47. The van der Waals surface area contributed by atoms with E-state index in [0.29, 0.717) is 9.79 Å². The van der Waals surface area contributed by atoms with Gasteiger partial charge >= 0.3 is 12.0 Å². The van der Waals surface area contributed by atoms with Crippen LogP contribution in [0.5, 0.6) is 0 Å². The number of rotatable bonds is 3. The predicted molar refractivity (Wildman–Crippen MR) is 66.5 cm³/mol. The molecular formula is C12H7F3N2O2S. The van der Waals surface area contributed by atoms with Crippen molar-refractivity contribution in [3.05, 3.63) is 58.3 Å². The fourth-order valence-electron chi connectivity index (χ4n) is 1.41. The maximum atomic E-state index is 12.6. The lowest BCUT2D eigenvalue weighted by Crippen LogP contribution is -2.04. The number of hydrogen-bond donors (Lipinski definition) is 0. The van der Waals surface area contributed by atoms with Crippen molar-refractivity contribution in [1.82, 2.24) is 4.98 Å². The zero-order valence-corrected chi connectivity index (χ0v) is 10.6. The highest BCUT2D eigenvalue weighted by atomic mass is 32.2. The Labute approximate surface area is 115 Å². The maximum absolute atomic E-state index is 12.6. The molecule has 0 unspecified atom stereocenters. The van der Waals surface area contributed by atoms with Crippen LogP contribution in [0.2, 0.25) is 0 Å². The number of hydrogen-bond acceptors (Lipinski definition) is 4. The number of alkyl halides is 3. The summed E-state index contributed by atoms with van der Waals surface area (Å²) >= 11 is 1.05. The molecule has 1 aromatic carbocycles. The van der Waals surface area contributed by atoms with Gasteiger partial charge in [-0.3, -0.25) is 0 Å². The highest BCUT2D eigenvalue weighted by molar-refractivity contribution is 7.99. The number of halogens is 3. The van der Waals surface area contributed by atoms with Gasteiger partial charge in [0, 0.05) is 11.0 Å². The Morgan fingerprint density at radius 3 is 2.45 bits per heavy atom. The molecule has 20 heavy (non-hydrogen) atoms. The van der Waals surface area contributed by atoms with Gasteiger partial charge in [-0.2, -0.15) is 13.2 Å². The molecule has 1 heterocycles. The number of nitro groups is 1. The van der Waals surface area contributed by atoms with E-state index in [0.717, 1.165) is 23.9 Å². The van der Waals surface area contributed by atoms with Crippen LogP contribution in [0.25, 0.3) is 0 Å². The summed E-state index contributed by atoms with van der Waals surface area (Å²) < 4.78 is 37.7. The largest absolute Gasteiger partial charge is 0.416 e. The summed E-state index contributed by atoms with van der Waals surface area (Å²) in [6.45, 7) is 0. The molecule has 0 aliphatic carbocycles. The van der Waals surface area contributed by atoms with Crippen molar-refractivity contribution in [3.63, 3.8) is 0 Å². The van der Waals surface area contributed by atoms with Crippen LogP contribution in [0, 0.1) is 10.1 Å². The minimum Gasteiger partial charge on any atom is -0.358 e. The molecule has 0 aliphatic rings. The van der Waals surface area contributed by atoms with Gasteiger partial charge in [-0.15, -0.1) is 0 Å². The van der Waals surface area contributed by atoms with Crippen LogP contribution in [0.1, 0.15) is 5.56 Å². The maximum Gasteiger partial charge on any atom is 0.416 e. The van der Waals surface area contributed by atoms with Gasteiger partial charge in [0.2, 0.25) is 0 Å². The topological polar surface area (TPSA) is 56.0 Å². The van der Waals surface area contributed by atoms with E-state index in [9.17, 15) is 23.3 Å². The van der Waals surface area contributed by atoms with Crippen molar-refractivity contribution in [2.45, 2.75) is 16.0 Å². The van der Waals surface area contributed by atoms with Gasteiger partial charge in [-0.05, 0) is 34.2 Å². The molecule has 0 saturated heterocycles. The molecule has 0 aliphatic heterocycles. The van der Waals surface area contributed by atoms with E-state index in [2.05, 4.69) is 4.98 Å². The summed E-state index contributed by atoms with van der Waals surface area (Å²) in [6.07, 6.45) is -3.15. The monoisotopic (exact) mass is 300 g/mol. The summed E-state index contributed by atoms with van der Waals surface area (Å²) in [6, 6.07) is 7.49. The van der Waals surface area contributed by atoms with Gasteiger partial charge in [-0.25, -0.2) is 0 Å². The Morgan fingerprint density at radius 2 is 1.90 bits per heavy atom. The molecule has 104 valence electrons. The molecule has 0 fully saturated rings. The fourth-order valence-corrected chi connectivity index (χ4v) is 2.26. The van der Waals surface area contributed by atoms with Crippen LogP contribution in [-0.2, 0) is 6.18 Å². The fraction of sp³-hybridized carbons (Fsp3) is 0.0833. The van der Waals surface area contributed by atoms with Gasteiger partial charge in [0.15, 0.2) is 6.20 Å². The van der Waals surface area contributed by atoms with Gasteiger partial charge in [0.1, 0.15) is 0 Å². The van der Waals surface area contributed by atoms with Crippen LogP contribution in [0.3, 0.4) is 0 Å². The van der Waals surface area contributed by atoms with Gasteiger partial charge in [0.05, 0.1) is 10.5 Å². The Morgan fingerprint density at radius 1 is 1.15 bits per heavy atom. The van der Waals surface area contributed by atoms with Crippen molar-refractivity contribution in [3.8, 4) is 0 Å². The summed E-state index contributed by atoms with van der Waals surface area (Å²) in [5, 5.41) is 10.4. The molecule has 0 radical (unpaired) electrons. The van der Waals surface area contributed by atoms with Crippen molar-refractivity contribution in [2.75, 3.05) is 0 Å². The smallest absolute Gasteiger partial charge is 0.358 e. The summed E-state index contributed by atoms with van der Waals surface area (Å²) in [7, 11) is 0. The molecule has 2 aromatic rings. The van der Waals surface area contributed by atoms with Crippen molar-refractivity contribution >= 4 is 17.6 Å². The predicted octanol–water partition coefficient (Wildman–Crippen LogP) is 4.16. The molecule has 4 nitrogen and oxygen atoms in total. The van der Waals surface area contributed by atoms with E-state index in [1.807, 2.05) is 0 Å². The van der Waals surface area contributed by atoms with Crippen molar-refractivity contribution in [1.29, 1.82) is 0 Å². The number of benzene rings is 1. The first-order valence-electron chi connectivity index (χ1n) is 5.32. The van der Waals surface area contributed by atoms with E-state index in [1.54, 1.807) is 0 Å². The first-order valence-corrected chi connectivity index (χ1v) is 6.13. The molecule has 0 amide bonds. The second-order valence-electron chi connectivity index (χ2n) is 3.74. The van der Waals surface area contributed by atoms with Gasteiger partial charge in [-0.1, -0.05) is 17.8 Å². The third-order valence-corrected chi connectivity index (χ3v) is 3.27. The average Bonchev–Trinajstić information content (AvgIpc) is 2.38. The summed E-state index contributed by atoms with van der Waals surface area (Å²) in [5.74, 6) is -0.307. The second kappa shape index (κ2) is 5.49. The standard InChI is InChI=1S/C12H7F3N2O2S/c13-12(14,15)8-2-1-3-9(6-8)20-10-4-5-11(16-7-10)17(18)19/h1-7H. The molecule has 0 saturated carbocycles. The molecule has 2 rings (SSSR count). The summed E-state index contributed by atoms with van der Waals surface area (Å²) in [4.78, 5) is 14.3. The van der Waals surface area contributed by atoms with Crippen LogP contribution in [-0.4, -0.2) is 9.91 Å². The molecule has 0 spiro atoms. The summed E-state index contributed by atoms with van der Waals surface area (Å²) in [5.41, 5.74) is -0.739. The lowest BCUT2D eigenvalue weighted by Gasteiger charge is -2.07. The minimum absolute atomic E-state index is 0.307. The van der Waals surface area contributed by atoms with E-state index < -0.39 is 16.7 Å². The first kappa shape index (κ1) is 14.3. The zero-order valence-electron chi connectivity index (χ0n) is 9.79. The quantitative estimate of drug-likeness (QED) is 0.631. The molecule has 0 N–H and O–H groups in total. The normalized spacial score (nSPS) is 11.3. The Hall–Kier alpha value is -2.09. The van der Waals surface area contributed by atoms with Crippen LogP contribution in [0.15, 0.2) is 52.4 Å². The second-order valence-corrected chi connectivity index (χ2v) is 4.88. The Bertz CT molecular complexity index is 629.